The Labute approximate surface area is 130 Å². The normalized spacial score (nSPS) is 18.9. The number of anilines is 1. The lowest BCUT2D eigenvalue weighted by Gasteiger charge is -2.10. The topological polar surface area (TPSA) is 75.6 Å². The van der Waals surface area contributed by atoms with Gasteiger partial charge in [0.15, 0.2) is 0 Å². The van der Waals surface area contributed by atoms with E-state index in [1.807, 2.05) is 24.3 Å². The van der Waals surface area contributed by atoms with E-state index in [-0.39, 0.29) is 5.91 Å². The number of rotatable bonds is 7. The zero-order chi connectivity index (χ0) is 15.9. The number of carbonyl (C=O) groups is 2. The molecule has 1 amide bonds. The van der Waals surface area contributed by atoms with Crippen LogP contribution in [0.5, 0.6) is 0 Å². The number of aliphatic carboxylic acids is 1. The van der Waals surface area contributed by atoms with Crippen molar-refractivity contribution in [2.45, 2.75) is 32.6 Å². The van der Waals surface area contributed by atoms with Gasteiger partial charge in [0, 0.05) is 25.3 Å². The summed E-state index contributed by atoms with van der Waals surface area (Å²) in [6.07, 6.45) is 2.90. The van der Waals surface area contributed by atoms with Crippen LogP contribution in [0.4, 0.5) is 5.69 Å². The number of carboxylic acids is 1. The van der Waals surface area contributed by atoms with Gasteiger partial charge in [-0.25, -0.2) is 0 Å². The lowest BCUT2D eigenvalue weighted by Crippen LogP contribution is -2.14. The van der Waals surface area contributed by atoms with Gasteiger partial charge in [-0.3, -0.25) is 9.59 Å². The van der Waals surface area contributed by atoms with E-state index in [0.717, 1.165) is 37.3 Å². The zero-order valence-electron chi connectivity index (χ0n) is 12.9. The number of ether oxygens (including phenoxy) is 1. The molecule has 5 heteroatoms. The van der Waals surface area contributed by atoms with Crippen LogP contribution in [-0.2, 0) is 20.7 Å². The highest BCUT2D eigenvalue weighted by Crippen LogP contribution is 2.19. The molecule has 1 aliphatic rings. The minimum absolute atomic E-state index is 0.0126. The fourth-order valence-electron chi connectivity index (χ4n) is 2.53. The first kappa shape index (κ1) is 16.5. The van der Waals surface area contributed by atoms with Gasteiger partial charge < -0.3 is 15.2 Å². The predicted molar refractivity (Wildman–Crippen MR) is 83.7 cm³/mol. The van der Waals surface area contributed by atoms with E-state index >= 15 is 0 Å². The van der Waals surface area contributed by atoms with Gasteiger partial charge in [-0.05, 0) is 42.9 Å². The van der Waals surface area contributed by atoms with Gasteiger partial charge in [0.1, 0.15) is 0 Å². The van der Waals surface area contributed by atoms with Crippen LogP contribution in [0.2, 0.25) is 0 Å². The van der Waals surface area contributed by atoms with Crippen LogP contribution in [-0.4, -0.2) is 30.2 Å². The molecule has 1 aliphatic heterocycles. The van der Waals surface area contributed by atoms with Crippen molar-refractivity contribution < 1.29 is 19.4 Å². The van der Waals surface area contributed by atoms with Crippen molar-refractivity contribution in [2.75, 3.05) is 18.5 Å². The highest BCUT2D eigenvalue weighted by Gasteiger charge is 2.17. The molecule has 5 nitrogen and oxygen atoms in total. The largest absolute Gasteiger partial charge is 0.481 e. The Kier molecular flexibility index (Phi) is 5.95. The van der Waals surface area contributed by atoms with Crippen LogP contribution in [0, 0.1) is 11.8 Å². The second kappa shape index (κ2) is 7.94. The third-order valence-electron chi connectivity index (χ3n) is 4.00. The van der Waals surface area contributed by atoms with Crippen molar-refractivity contribution in [3.8, 4) is 0 Å². The molecule has 1 saturated heterocycles. The Morgan fingerprint density at radius 1 is 1.36 bits per heavy atom. The molecule has 0 saturated carbocycles. The molecule has 0 spiro atoms. The number of nitrogens with one attached hydrogen (secondary N) is 1. The number of hydrogen-bond acceptors (Lipinski definition) is 3. The molecule has 2 unspecified atom stereocenters. The maximum atomic E-state index is 11.9. The molecule has 2 atom stereocenters. The van der Waals surface area contributed by atoms with E-state index in [1.54, 1.807) is 6.92 Å². The number of hydrogen-bond donors (Lipinski definition) is 2. The molecule has 2 N–H and O–H groups in total. The van der Waals surface area contributed by atoms with Gasteiger partial charge in [-0.2, -0.15) is 0 Å². The van der Waals surface area contributed by atoms with Crippen LogP contribution in [0.15, 0.2) is 24.3 Å². The first-order chi connectivity index (χ1) is 10.5. The Morgan fingerprint density at radius 2 is 2.09 bits per heavy atom. The van der Waals surface area contributed by atoms with Gasteiger partial charge in [0.25, 0.3) is 0 Å². The lowest BCUT2D eigenvalue weighted by atomic mass is 10.0. The quantitative estimate of drug-likeness (QED) is 0.812. The Bertz CT molecular complexity index is 506. The monoisotopic (exact) mass is 305 g/mol. The molecule has 1 fully saturated rings. The maximum Gasteiger partial charge on any atom is 0.306 e. The zero-order valence-corrected chi connectivity index (χ0v) is 12.9. The number of benzene rings is 1. The van der Waals surface area contributed by atoms with Crippen molar-refractivity contribution in [1.29, 1.82) is 0 Å². The summed E-state index contributed by atoms with van der Waals surface area (Å²) in [5.74, 6) is -0.688. The van der Waals surface area contributed by atoms with Crippen molar-refractivity contribution >= 4 is 17.6 Å². The summed E-state index contributed by atoms with van der Waals surface area (Å²) in [4.78, 5) is 22.7. The molecule has 0 aromatic heterocycles. The van der Waals surface area contributed by atoms with Crippen LogP contribution in [0.3, 0.4) is 0 Å². The standard InChI is InChI=1S/C17H23NO4/c1-12(17(20)21)10-13-2-5-15(6-3-13)18-16(19)7-4-14-8-9-22-11-14/h2-3,5-6,12,14H,4,7-11H2,1H3,(H,18,19)(H,20,21). The second-order valence-electron chi connectivity index (χ2n) is 5.96. The molecule has 1 heterocycles. The first-order valence-electron chi connectivity index (χ1n) is 7.74. The summed E-state index contributed by atoms with van der Waals surface area (Å²) in [6, 6.07) is 7.36. The van der Waals surface area contributed by atoms with Gasteiger partial charge in [0.05, 0.1) is 5.92 Å². The molecule has 1 aromatic rings. The fraction of sp³-hybridized carbons (Fsp3) is 0.529. The van der Waals surface area contributed by atoms with E-state index in [1.165, 1.54) is 0 Å². The van der Waals surface area contributed by atoms with Crippen molar-refractivity contribution in [3.63, 3.8) is 0 Å². The molecule has 0 bridgehead atoms. The Hall–Kier alpha value is -1.88. The van der Waals surface area contributed by atoms with Crippen molar-refractivity contribution in [3.05, 3.63) is 29.8 Å². The summed E-state index contributed by atoms with van der Waals surface area (Å²) in [6.45, 7) is 3.26. The van der Waals surface area contributed by atoms with E-state index < -0.39 is 11.9 Å². The lowest BCUT2D eigenvalue weighted by molar-refractivity contribution is -0.141. The van der Waals surface area contributed by atoms with Crippen molar-refractivity contribution in [1.82, 2.24) is 0 Å². The van der Waals surface area contributed by atoms with Crippen molar-refractivity contribution in [2.24, 2.45) is 11.8 Å². The van der Waals surface area contributed by atoms with Gasteiger partial charge >= 0.3 is 5.97 Å². The molecule has 22 heavy (non-hydrogen) atoms. The third kappa shape index (κ3) is 5.15. The van der Waals surface area contributed by atoms with Crippen LogP contribution in [0.1, 0.15) is 31.7 Å². The molecular formula is C17H23NO4. The van der Waals surface area contributed by atoms with Crippen LogP contribution >= 0.6 is 0 Å². The molecule has 0 aliphatic carbocycles. The minimum atomic E-state index is -0.798. The fourth-order valence-corrected chi connectivity index (χ4v) is 2.53. The second-order valence-corrected chi connectivity index (χ2v) is 5.96. The molecular weight excluding hydrogens is 282 g/mol. The van der Waals surface area contributed by atoms with E-state index in [4.69, 9.17) is 9.84 Å². The molecule has 2 rings (SSSR count). The highest BCUT2D eigenvalue weighted by atomic mass is 16.5. The van der Waals surface area contributed by atoms with E-state index in [9.17, 15) is 9.59 Å². The van der Waals surface area contributed by atoms with Crippen LogP contribution in [0.25, 0.3) is 0 Å². The summed E-state index contributed by atoms with van der Waals surface area (Å²) < 4.78 is 5.30. The van der Waals surface area contributed by atoms with Gasteiger partial charge in [-0.1, -0.05) is 19.1 Å². The number of carboxylic acid groups (broad SMARTS) is 1. The van der Waals surface area contributed by atoms with Gasteiger partial charge in [-0.15, -0.1) is 0 Å². The van der Waals surface area contributed by atoms with Gasteiger partial charge in [0.2, 0.25) is 5.91 Å². The molecule has 120 valence electrons. The first-order valence-corrected chi connectivity index (χ1v) is 7.74. The summed E-state index contributed by atoms with van der Waals surface area (Å²) in [5.41, 5.74) is 1.70. The highest BCUT2D eigenvalue weighted by molar-refractivity contribution is 5.90. The summed E-state index contributed by atoms with van der Waals surface area (Å²) in [5, 5.41) is 11.8. The molecule has 1 aromatic carbocycles. The molecule has 0 radical (unpaired) electrons. The summed E-state index contributed by atoms with van der Waals surface area (Å²) in [7, 11) is 0. The third-order valence-corrected chi connectivity index (χ3v) is 4.00. The average Bonchev–Trinajstić information content (AvgIpc) is 3.00. The predicted octanol–water partition coefficient (Wildman–Crippen LogP) is 2.71. The van der Waals surface area contributed by atoms with E-state index in [0.29, 0.717) is 18.8 Å². The SMILES string of the molecule is CC(Cc1ccc(NC(=O)CCC2CCOC2)cc1)C(=O)O. The Balaban J connectivity index is 1.77. The van der Waals surface area contributed by atoms with E-state index in [2.05, 4.69) is 5.32 Å². The summed E-state index contributed by atoms with van der Waals surface area (Å²) >= 11 is 0. The average molecular weight is 305 g/mol. The Morgan fingerprint density at radius 3 is 2.68 bits per heavy atom. The number of amides is 1. The maximum absolute atomic E-state index is 11.9. The smallest absolute Gasteiger partial charge is 0.306 e. The minimum Gasteiger partial charge on any atom is -0.481 e. The number of carbonyl (C=O) groups excluding carboxylic acids is 1. The van der Waals surface area contributed by atoms with Crippen LogP contribution < -0.4 is 5.32 Å².